The molecular formula is C14H13N3. The molecule has 0 spiro atoms. The van der Waals surface area contributed by atoms with E-state index >= 15 is 0 Å². The Morgan fingerprint density at radius 2 is 2.00 bits per heavy atom. The maximum Gasteiger partial charge on any atom is 0.105 e. The summed E-state index contributed by atoms with van der Waals surface area (Å²) in [5.74, 6) is 0.745. The highest BCUT2D eigenvalue weighted by atomic mass is 14.8. The largest absolute Gasteiger partial charge is 0.385 e. The predicted octanol–water partition coefficient (Wildman–Crippen LogP) is 2.74. The van der Waals surface area contributed by atoms with E-state index in [9.17, 15) is 0 Å². The maximum absolute atomic E-state index is 6.03. The van der Waals surface area contributed by atoms with Crippen molar-refractivity contribution in [3.05, 3.63) is 59.9 Å². The highest BCUT2D eigenvalue weighted by Gasteiger charge is 2.08. The van der Waals surface area contributed by atoms with Gasteiger partial charge in [-0.25, -0.2) is 0 Å². The van der Waals surface area contributed by atoms with Gasteiger partial charge in [0.15, 0.2) is 0 Å². The van der Waals surface area contributed by atoms with Gasteiger partial charge in [0.05, 0.1) is 0 Å². The van der Waals surface area contributed by atoms with Crippen molar-refractivity contribution < 1.29 is 0 Å². The Hall–Kier alpha value is -2.29. The quantitative estimate of drug-likeness (QED) is 0.701. The van der Waals surface area contributed by atoms with E-state index in [0.717, 1.165) is 23.3 Å². The van der Waals surface area contributed by atoms with Crippen molar-refractivity contribution in [2.75, 3.05) is 5.73 Å². The van der Waals surface area contributed by atoms with Crippen molar-refractivity contribution in [1.29, 1.82) is 0 Å². The highest BCUT2D eigenvalue weighted by molar-refractivity contribution is 5.88. The molecule has 84 valence electrons. The summed E-state index contributed by atoms with van der Waals surface area (Å²) in [4.78, 5) is 7.33. The van der Waals surface area contributed by atoms with Gasteiger partial charge in [-0.15, -0.1) is 0 Å². The Bertz CT molecular complexity index is 641. The van der Waals surface area contributed by atoms with Crippen LogP contribution in [0.25, 0.3) is 10.9 Å². The van der Waals surface area contributed by atoms with Crippen LogP contribution in [-0.4, -0.2) is 9.97 Å². The van der Waals surface area contributed by atoms with E-state index in [0.29, 0.717) is 0 Å². The number of nitrogens with zero attached hydrogens (tertiary/aromatic N) is 1. The number of rotatable bonds is 2. The van der Waals surface area contributed by atoms with Crippen molar-refractivity contribution >= 4 is 16.7 Å². The van der Waals surface area contributed by atoms with Crippen LogP contribution in [0.15, 0.2) is 48.8 Å². The zero-order valence-corrected chi connectivity index (χ0v) is 9.35. The molecule has 3 heteroatoms. The SMILES string of the molecule is Nc1[nH]c2ccccc2c1Cc1cccnc1. The van der Waals surface area contributed by atoms with Gasteiger partial charge in [0.1, 0.15) is 5.82 Å². The predicted molar refractivity (Wildman–Crippen MR) is 69.8 cm³/mol. The van der Waals surface area contributed by atoms with Crippen LogP contribution in [-0.2, 0) is 6.42 Å². The van der Waals surface area contributed by atoms with Crippen molar-refractivity contribution in [1.82, 2.24) is 9.97 Å². The van der Waals surface area contributed by atoms with E-state index < -0.39 is 0 Å². The smallest absolute Gasteiger partial charge is 0.105 e. The summed E-state index contributed by atoms with van der Waals surface area (Å²) in [6.07, 6.45) is 4.47. The van der Waals surface area contributed by atoms with Crippen molar-refractivity contribution in [2.45, 2.75) is 6.42 Å². The molecule has 3 aromatic rings. The molecule has 0 aliphatic heterocycles. The van der Waals surface area contributed by atoms with Gasteiger partial charge in [-0.1, -0.05) is 24.3 Å². The maximum atomic E-state index is 6.03. The van der Waals surface area contributed by atoms with Crippen molar-refractivity contribution in [3.63, 3.8) is 0 Å². The van der Waals surface area contributed by atoms with E-state index in [1.165, 1.54) is 10.9 Å². The minimum Gasteiger partial charge on any atom is -0.385 e. The third-order valence-corrected chi connectivity index (χ3v) is 2.95. The highest BCUT2D eigenvalue weighted by Crippen LogP contribution is 2.26. The molecule has 0 fully saturated rings. The second kappa shape index (κ2) is 3.94. The third kappa shape index (κ3) is 1.76. The molecule has 2 heterocycles. The fourth-order valence-corrected chi connectivity index (χ4v) is 2.12. The summed E-state index contributed by atoms with van der Waals surface area (Å²) in [5, 5.41) is 1.19. The number of anilines is 1. The lowest BCUT2D eigenvalue weighted by Crippen LogP contribution is -1.93. The number of para-hydroxylation sites is 1. The van der Waals surface area contributed by atoms with Gasteiger partial charge in [0, 0.05) is 35.3 Å². The second-order valence-electron chi connectivity index (χ2n) is 4.10. The normalized spacial score (nSPS) is 10.8. The molecule has 0 bridgehead atoms. The summed E-state index contributed by atoms with van der Waals surface area (Å²) in [5.41, 5.74) is 9.43. The van der Waals surface area contributed by atoms with Gasteiger partial charge in [0.25, 0.3) is 0 Å². The van der Waals surface area contributed by atoms with Gasteiger partial charge in [-0.2, -0.15) is 0 Å². The molecule has 0 aliphatic carbocycles. The Morgan fingerprint density at radius 3 is 2.82 bits per heavy atom. The second-order valence-corrected chi connectivity index (χ2v) is 4.10. The van der Waals surface area contributed by atoms with E-state index in [4.69, 9.17) is 5.73 Å². The minimum absolute atomic E-state index is 0.745. The Balaban J connectivity index is 2.08. The topological polar surface area (TPSA) is 54.7 Å². The molecule has 0 unspecified atom stereocenters. The first kappa shape index (κ1) is 9.90. The van der Waals surface area contributed by atoms with Gasteiger partial charge in [-0.3, -0.25) is 4.98 Å². The first-order chi connectivity index (χ1) is 8.34. The average Bonchev–Trinajstić information content (AvgIpc) is 2.68. The first-order valence-corrected chi connectivity index (χ1v) is 5.58. The van der Waals surface area contributed by atoms with Crippen LogP contribution in [0.5, 0.6) is 0 Å². The number of hydrogen-bond acceptors (Lipinski definition) is 2. The third-order valence-electron chi connectivity index (χ3n) is 2.95. The van der Waals surface area contributed by atoms with Gasteiger partial charge in [0.2, 0.25) is 0 Å². The summed E-state index contributed by atoms with van der Waals surface area (Å²) < 4.78 is 0. The Morgan fingerprint density at radius 1 is 1.12 bits per heavy atom. The van der Waals surface area contributed by atoms with Crippen molar-refractivity contribution in [2.24, 2.45) is 0 Å². The molecular weight excluding hydrogens is 210 g/mol. The molecule has 3 N–H and O–H groups in total. The average molecular weight is 223 g/mol. The van der Waals surface area contributed by atoms with Crippen LogP contribution < -0.4 is 5.73 Å². The number of pyridine rings is 1. The van der Waals surface area contributed by atoms with Crippen LogP contribution in [0.2, 0.25) is 0 Å². The molecule has 3 nitrogen and oxygen atoms in total. The summed E-state index contributed by atoms with van der Waals surface area (Å²) in [6, 6.07) is 12.2. The standard InChI is InChI=1S/C14H13N3/c15-14-12(8-10-4-3-7-16-9-10)11-5-1-2-6-13(11)17-14/h1-7,9,17H,8,15H2. The van der Waals surface area contributed by atoms with Crippen LogP contribution in [0.1, 0.15) is 11.1 Å². The number of nitrogens with two attached hydrogens (primary N) is 1. The summed E-state index contributed by atoms with van der Waals surface area (Å²) in [7, 11) is 0. The number of H-pyrrole nitrogens is 1. The molecule has 2 aromatic heterocycles. The molecule has 1 aromatic carbocycles. The number of hydrogen-bond donors (Lipinski definition) is 2. The van der Waals surface area contributed by atoms with Crippen molar-refractivity contribution in [3.8, 4) is 0 Å². The zero-order chi connectivity index (χ0) is 11.7. The van der Waals surface area contributed by atoms with Crippen LogP contribution >= 0.6 is 0 Å². The first-order valence-electron chi connectivity index (χ1n) is 5.58. The lowest BCUT2D eigenvalue weighted by molar-refractivity contribution is 1.16. The zero-order valence-electron chi connectivity index (χ0n) is 9.35. The van der Waals surface area contributed by atoms with E-state index in [-0.39, 0.29) is 0 Å². The Kier molecular flexibility index (Phi) is 2.29. The van der Waals surface area contributed by atoms with E-state index in [2.05, 4.69) is 22.1 Å². The fourth-order valence-electron chi connectivity index (χ4n) is 2.12. The van der Waals surface area contributed by atoms with E-state index in [1.54, 1.807) is 6.20 Å². The molecule has 0 atom stereocenters. The molecule has 0 aliphatic rings. The van der Waals surface area contributed by atoms with Gasteiger partial charge in [-0.05, 0) is 17.7 Å². The molecule has 0 saturated carbocycles. The number of benzene rings is 1. The number of nitrogens with one attached hydrogen (secondary N) is 1. The molecule has 0 radical (unpaired) electrons. The summed E-state index contributed by atoms with van der Waals surface area (Å²) in [6.45, 7) is 0. The van der Waals surface area contributed by atoms with Crippen LogP contribution in [0.3, 0.4) is 0 Å². The Labute approximate surface area is 99.3 Å². The number of fused-ring (bicyclic) bond motifs is 1. The molecule has 3 rings (SSSR count). The molecule has 0 saturated heterocycles. The number of aromatic amines is 1. The van der Waals surface area contributed by atoms with Gasteiger partial charge < -0.3 is 10.7 Å². The fraction of sp³-hybridized carbons (Fsp3) is 0.0714. The summed E-state index contributed by atoms with van der Waals surface area (Å²) >= 11 is 0. The number of nitrogen functional groups attached to an aromatic ring is 1. The molecule has 0 amide bonds. The lowest BCUT2D eigenvalue weighted by atomic mass is 10.1. The van der Waals surface area contributed by atoms with E-state index in [1.807, 2.05) is 30.5 Å². The van der Waals surface area contributed by atoms with Crippen LogP contribution in [0.4, 0.5) is 5.82 Å². The number of aromatic nitrogens is 2. The van der Waals surface area contributed by atoms with Gasteiger partial charge >= 0.3 is 0 Å². The lowest BCUT2D eigenvalue weighted by Gasteiger charge is -2.01. The monoisotopic (exact) mass is 223 g/mol. The van der Waals surface area contributed by atoms with Crippen LogP contribution in [0, 0.1) is 0 Å². The minimum atomic E-state index is 0.745. The molecule has 17 heavy (non-hydrogen) atoms.